The molecule has 1 atom stereocenters. The summed E-state index contributed by atoms with van der Waals surface area (Å²) < 4.78 is 9.94. The number of carbonyl (C=O) groups is 1. The molecule has 0 saturated carbocycles. The van der Waals surface area contributed by atoms with E-state index in [1.54, 1.807) is 0 Å². The number of hydrogen-bond donors (Lipinski definition) is 2. The molecule has 6 heteroatoms. The van der Waals surface area contributed by atoms with Crippen molar-refractivity contribution in [3.63, 3.8) is 0 Å². The number of aliphatic hydroxyl groups is 1. The van der Waals surface area contributed by atoms with E-state index in [-0.39, 0.29) is 19.3 Å². The van der Waals surface area contributed by atoms with E-state index in [9.17, 15) is 4.79 Å². The maximum atomic E-state index is 11.2. The van der Waals surface area contributed by atoms with Crippen molar-refractivity contribution in [1.82, 2.24) is 10.2 Å². The summed E-state index contributed by atoms with van der Waals surface area (Å²) in [6.45, 7) is 5.91. The average molecular weight is 232 g/mol. The number of carbonyl (C=O) groups excluding carboxylic acids is 1. The molecule has 1 fully saturated rings. The highest BCUT2D eigenvalue weighted by atomic mass is 16.6. The quantitative estimate of drug-likeness (QED) is 0.664. The van der Waals surface area contributed by atoms with Crippen LogP contribution in [0.5, 0.6) is 0 Å². The average Bonchev–Trinajstić information content (AvgIpc) is 2.27. The van der Waals surface area contributed by atoms with Gasteiger partial charge in [0, 0.05) is 25.7 Å². The van der Waals surface area contributed by atoms with Crippen LogP contribution in [0.2, 0.25) is 0 Å². The van der Waals surface area contributed by atoms with Gasteiger partial charge in [-0.2, -0.15) is 0 Å². The summed E-state index contributed by atoms with van der Waals surface area (Å²) in [5, 5.41) is 11.2. The largest absolute Gasteiger partial charge is 0.447 e. The lowest BCUT2D eigenvalue weighted by Gasteiger charge is -2.29. The number of ether oxygens (including phenoxy) is 2. The number of amides is 1. The van der Waals surface area contributed by atoms with Gasteiger partial charge in [-0.3, -0.25) is 4.90 Å². The first-order valence-electron chi connectivity index (χ1n) is 5.56. The summed E-state index contributed by atoms with van der Waals surface area (Å²) >= 11 is 0. The van der Waals surface area contributed by atoms with Crippen molar-refractivity contribution in [1.29, 1.82) is 0 Å². The van der Waals surface area contributed by atoms with E-state index in [4.69, 9.17) is 14.6 Å². The fourth-order valence-corrected chi connectivity index (χ4v) is 1.60. The topological polar surface area (TPSA) is 71.0 Å². The number of hydrogen-bond acceptors (Lipinski definition) is 5. The second-order valence-electron chi connectivity index (χ2n) is 3.82. The predicted octanol–water partition coefficient (Wildman–Crippen LogP) is -0.574. The third-order valence-electron chi connectivity index (χ3n) is 2.32. The zero-order valence-electron chi connectivity index (χ0n) is 9.65. The minimum Gasteiger partial charge on any atom is -0.447 e. The summed E-state index contributed by atoms with van der Waals surface area (Å²) in [6, 6.07) is 0.0318. The molecule has 0 spiro atoms. The molecule has 6 nitrogen and oxygen atoms in total. The van der Waals surface area contributed by atoms with Crippen LogP contribution in [0.25, 0.3) is 0 Å². The molecule has 16 heavy (non-hydrogen) atoms. The molecule has 0 aromatic rings. The molecule has 0 radical (unpaired) electrons. The van der Waals surface area contributed by atoms with E-state index in [1.807, 2.05) is 6.92 Å². The van der Waals surface area contributed by atoms with Crippen molar-refractivity contribution in [3.05, 3.63) is 0 Å². The van der Waals surface area contributed by atoms with Gasteiger partial charge >= 0.3 is 6.09 Å². The highest BCUT2D eigenvalue weighted by molar-refractivity contribution is 5.67. The Labute approximate surface area is 95.5 Å². The van der Waals surface area contributed by atoms with E-state index in [1.165, 1.54) is 0 Å². The lowest BCUT2D eigenvalue weighted by molar-refractivity contribution is 0.0339. The summed E-state index contributed by atoms with van der Waals surface area (Å²) in [6.07, 6.45) is -0.477. The smallest absolute Gasteiger partial charge is 0.407 e. The molecule has 94 valence electrons. The second-order valence-corrected chi connectivity index (χ2v) is 3.82. The van der Waals surface area contributed by atoms with Gasteiger partial charge in [0.25, 0.3) is 0 Å². The number of rotatable bonds is 5. The highest BCUT2D eigenvalue weighted by Crippen LogP contribution is 1.98. The third kappa shape index (κ3) is 5.29. The van der Waals surface area contributed by atoms with E-state index in [2.05, 4.69) is 10.2 Å². The number of morpholine rings is 1. The molecule has 0 aromatic heterocycles. The maximum Gasteiger partial charge on any atom is 0.407 e. The fourth-order valence-electron chi connectivity index (χ4n) is 1.60. The van der Waals surface area contributed by atoms with Crippen LogP contribution in [-0.2, 0) is 9.47 Å². The molecule has 1 amide bonds. The standard InChI is InChI=1S/C10H20N2O4/c1-9(11-10(14)16-7-4-13)8-12-2-5-15-6-3-12/h9,13H,2-8H2,1H3,(H,11,14). The molecule has 1 heterocycles. The van der Waals surface area contributed by atoms with E-state index in [0.717, 1.165) is 32.8 Å². The molecule has 1 unspecified atom stereocenters. The number of alkyl carbamates (subject to hydrolysis) is 1. The lowest BCUT2D eigenvalue weighted by atomic mass is 10.3. The molecule has 1 rings (SSSR count). The monoisotopic (exact) mass is 232 g/mol. The van der Waals surface area contributed by atoms with Crippen molar-refractivity contribution in [2.24, 2.45) is 0 Å². The van der Waals surface area contributed by atoms with Crippen molar-refractivity contribution in [2.75, 3.05) is 46.1 Å². The minimum absolute atomic E-state index is 0.0318. The van der Waals surface area contributed by atoms with Gasteiger partial charge in [0.1, 0.15) is 6.61 Å². The highest BCUT2D eigenvalue weighted by Gasteiger charge is 2.15. The van der Waals surface area contributed by atoms with Gasteiger partial charge in [-0.05, 0) is 6.92 Å². The van der Waals surface area contributed by atoms with Gasteiger partial charge in [0.05, 0.1) is 19.8 Å². The van der Waals surface area contributed by atoms with E-state index >= 15 is 0 Å². The fraction of sp³-hybridized carbons (Fsp3) is 0.900. The van der Waals surface area contributed by atoms with Crippen LogP contribution in [0, 0.1) is 0 Å². The summed E-state index contributed by atoms with van der Waals surface area (Å²) in [7, 11) is 0. The van der Waals surface area contributed by atoms with Crippen LogP contribution in [-0.4, -0.2) is 68.2 Å². The molecule has 1 saturated heterocycles. The SMILES string of the molecule is CC(CN1CCOCC1)NC(=O)OCCO. The Bertz CT molecular complexity index is 207. The Balaban J connectivity index is 2.13. The second kappa shape index (κ2) is 7.43. The van der Waals surface area contributed by atoms with Crippen LogP contribution >= 0.6 is 0 Å². The Morgan fingerprint density at radius 2 is 2.25 bits per heavy atom. The van der Waals surface area contributed by atoms with Crippen LogP contribution in [0.3, 0.4) is 0 Å². The van der Waals surface area contributed by atoms with Crippen LogP contribution < -0.4 is 5.32 Å². The molecule has 2 N–H and O–H groups in total. The Morgan fingerprint density at radius 3 is 2.88 bits per heavy atom. The number of nitrogens with one attached hydrogen (secondary N) is 1. The van der Waals surface area contributed by atoms with Crippen molar-refractivity contribution < 1.29 is 19.4 Å². The van der Waals surface area contributed by atoms with Gasteiger partial charge < -0.3 is 19.9 Å². The van der Waals surface area contributed by atoms with Crippen molar-refractivity contribution in [2.45, 2.75) is 13.0 Å². The van der Waals surface area contributed by atoms with Crippen LogP contribution in [0.4, 0.5) is 4.79 Å². The van der Waals surface area contributed by atoms with Gasteiger partial charge in [-0.15, -0.1) is 0 Å². The third-order valence-corrected chi connectivity index (χ3v) is 2.32. The summed E-state index contributed by atoms with van der Waals surface area (Å²) in [4.78, 5) is 13.4. The minimum atomic E-state index is -0.477. The molecule has 1 aliphatic heterocycles. The van der Waals surface area contributed by atoms with Crippen molar-refractivity contribution in [3.8, 4) is 0 Å². The number of aliphatic hydroxyl groups excluding tert-OH is 1. The maximum absolute atomic E-state index is 11.2. The van der Waals surface area contributed by atoms with Gasteiger partial charge in [0.2, 0.25) is 0 Å². The zero-order chi connectivity index (χ0) is 11.8. The molecule has 0 bridgehead atoms. The van der Waals surface area contributed by atoms with E-state index < -0.39 is 6.09 Å². The van der Waals surface area contributed by atoms with E-state index in [0.29, 0.717) is 0 Å². The lowest BCUT2D eigenvalue weighted by Crippen LogP contribution is -2.46. The first-order valence-corrected chi connectivity index (χ1v) is 5.56. The molecule has 0 aliphatic carbocycles. The van der Waals surface area contributed by atoms with Gasteiger partial charge in [-0.1, -0.05) is 0 Å². The van der Waals surface area contributed by atoms with Crippen LogP contribution in [0.15, 0.2) is 0 Å². The first kappa shape index (κ1) is 13.2. The summed E-state index contributed by atoms with van der Waals surface area (Å²) in [5.74, 6) is 0. The molecular formula is C10H20N2O4. The molecule has 1 aliphatic rings. The Morgan fingerprint density at radius 1 is 1.56 bits per heavy atom. The Kier molecular flexibility index (Phi) is 6.14. The van der Waals surface area contributed by atoms with Crippen molar-refractivity contribution >= 4 is 6.09 Å². The molecular weight excluding hydrogens is 212 g/mol. The molecule has 0 aromatic carbocycles. The van der Waals surface area contributed by atoms with Gasteiger partial charge in [0.15, 0.2) is 0 Å². The summed E-state index contributed by atoms with van der Waals surface area (Å²) in [5.41, 5.74) is 0. The van der Waals surface area contributed by atoms with Gasteiger partial charge in [-0.25, -0.2) is 4.79 Å². The Hall–Kier alpha value is -0.850. The number of nitrogens with zero attached hydrogens (tertiary/aromatic N) is 1. The zero-order valence-corrected chi connectivity index (χ0v) is 9.65. The normalized spacial score (nSPS) is 19.1. The predicted molar refractivity (Wildman–Crippen MR) is 58.3 cm³/mol. The van der Waals surface area contributed by atoms with Crippen LogP contribution in [0.1, 0.15) is 6.92 Å². The first-order chi connectivity index (χ1) is 7.72.